The van der Waals surface area contributed by atoms with Crippen molar-refractivity contribution in [3.8, 4) is 0 Å². The van der Waals surface area contributed by atoms with Gasteiger partial charge in [0.1, 0.15) is 5.84 Å². The van der Waals surface area contributed by atoms with Crippen LogP contribution in [0.3, 0.4) is 0 Å². The van der Waals surface area contributed by atoms with Crippen molar-refractivity contribution in [1.82, 2.24) is 4.90 Å². The Hall–Kier alpha value is -0.530. The lowest BCUT2D eigenvalue weighted by molar-refractivity contribution is 0.157. The van der Waals surface area contributed by atoms with Crippen LogP contribution < -0.4 is 0 Å². The third-order valence-corrected chi connectivity index (χ3v) is 5.35. The van der Waals surface area contributed by atoms with Crippen molar-refractivity contribution in [2.75, 3.05) is 13.6 Å². The molecule has 1 saturated heterocycles. The van der Waals surface area contributed by atoms with Gasteiger partial charge < -0.3 is 4.90 Å². The molecule has 0 radical (unpaired) electrons. The van der Waals surface area contributed by atoms with Gasteiger partial charge in [-0.3, -0.25) is 4.99 Å². The van der Waals surface area contributed by atoms with E-state index in [1.165, 1.54) is 50.9 Å². The summed E-state index contributed by atoms with van der Waals surface area (Å²) in [5.74, 6) is 3.02. The minimum atomic E-state index is 0.559. The predicted molar refractivity (Wildman–Crippen MR) is 83.7 cm³/mol. The van der Waals surface area contributed by atoms with Crippen LogP contribution in [0, 0.1) is 17.3 Å². The molecule has 0 aromatic rings. The average molecular weight is 264 g/mol. The van der Waals surface area contributed by atoms with E-state index in [0.29, 0.717) is 11.5 Å². The number of rotatable bonds is 1. The summed E-state index contributed by atoms with van der Waals surface area (Å²) in [6.07, 6.45) is 8.28. The molecular formula is C17H32N2. The van der Waals surface area contributed by atoms with Crippen molar-refractivity contribution < 1.29 is 0 Å². The number of nitrogens with zero attached hydrogens (tertiary/aromatic N) is 2. The van der Waals surface area contributed by atoms with Crippen LogP contribution in [-0.2, 0) is 0 Å². The van der Waals surface area contributed by atoms with Gasteiger partial charge in [-0.05, 0) is 57.3 Å². The molecule has 0 aromatic carbocycles. The Morgan fingerprint density at radius 1 is 1.16 bits per heavy atom. The molecule has 2 rings (SSSR count). The first-order chi connectivity index (χ1) is 8.94. The molecule has 110 valence electrons. The zero-order valence-corrected chi connectivity index (χ0v) is 13.6. The average Bonchev–Trinajstić information content (AvgIpc) is 2.34. The Bertz CT molecular complexity index is 330. The van der Waals surface area contributed by atoms with Crippen LogP contribution in [0.2, 0.25) is 0 Å². The Morgan fingerprint density at radius 3 is 2.53 bits per heavy atom. The monoisotopic (exact) mass is 264 g/mol. The van der Waals surface area contributed by atoms with Crippen molar-refractivity contribution >= 4 is 5.84 Å². The van der Waals surface area contributed by atoms with Crippen LogP contribution in [0.15, 0.2) is 4.99 Å². The first-order valence-corrected chi connectivity index (χ1v) is 8.18. The van der Waals surface area contributed by atoms with Gasteiger partial charge in [-0.15, -0.1) is 0 Å². The van der Waals surface area contributed by atoms with E-state index < -0.39 is 0 Å². The molecule has 0 spiro atoms. The smallest absolute Gasteiger partial charge is 0.102 e. The fourth-order valence-corrected chi connectivity index (χ4v) is 4.07. The lowest BCUT2D eigenvalue weighted by Crippen LogP contribution is -2.49. The van der Waals surface area contributed by atoms with Gasteiger partial charge in [0, 0.05) is 25.6 Å². The summed E-state index contributed by atoms with van der Waals surface area (Å²) in [5.41, 5.74) is 0.559. The van der Waals surface area contributed by atoms with E-state index in [4.69, 9.17) is 0 Å². The number of amidine groups is 1. The molecule has 0 N–H and O–H groups in total. The number of fused-ring (bicyclic) bond motifs is 1. The van der Waals surface area contributed by atoms with Crippen molar-refractivity contribution in [3.63, 3.8) is 0 Å². The van der Waals surface area contributed by atoms with Crippen LogP contribution in [-0.4, -0.2) is 30.4 Å². The zero-order chi connectivity index (χ0) is 14.0. The molecule has 0 amide bonds. The summed E-state index contributed by atoms with van der Waals surface area (Å²) in [5, 5.41) is 0. The minimum absolute atomic E-state index is 0.559. The molecule has 1 aliphatic heterocycles. The summed E-state index contributed by atoms with van der Waals surface area (Å²) in [6, 6.07) is 0.599. The lowest BCUT2D eigenvalue weighted by atomic mass is 9.70. The molecule has 2 aliphatic rings. The van der Waals surface area contributed by atoms with Crippen molar-refractivity contribution in [3.05, 3.63) is 0 Å². The second kappa shape index (κ2) is 5.85. The molecule has 1 saturated carbocycles. The molecule has 19 heavy (non-hydrogen) atoms. The summed E-state index contributed by atoms with van der Waals surface area (Å²) < 4.78 is 0. The highest BCUT2D eigenvalue weighted by molar-refractivity contribution is 5.85. The van der Waals surface area contributed by atoms with E-state index >= 15 is 0 Å². The molecule has 2 unspecified atom stereocenters. The summed E-state index contributed by atoms with van der Waals surface area (Å²) in [4.78, 5) is 7.24. The fraction of sp³-hybridized carbons (Fsp3) is 0.941. The fourth-order valence-electron chi connectivity index (χ4n) is 4.07. The van der Waals surface area contributed by atoms with Crippen LogP contribution in [0.25, 0.3) is 0 Å². The SMILES string of the molecule is CN=C1C2CCCC(C)(C)CCC2CCN1C(C)C. The van der Waals surface area contributed by atoms with E-state index in [2.05, 4.69) is 37.6 Å². The Kier molecular flexibility index (Phi) is 4.58. The molecular weight excluding hydrogens is 232 g/mol. The number of aliphatic imine (C=N–C) groups is 1. The van der Waals surface area contributed by atoms with Crippen LogP contribution in [0.5, 0.6) is 0 Å². The maximum absolute atomic E-state index is 4.69. The highest BCUT2D eigenvalue weighted by atomic mass is 15.2. The van der Waals surface area contributed by atoms with Gasteiger partial charge in [-0.25, -0.2) is 0 Å². The zero-order valence-electron chi connectivity index (χ0n) is 13.6. The molecule has 2 fully saturated rings. The largest absolute Gasteiger partial charge is 0.358 e. The van der Waals surface area contributed by atoms with Gasteiger partial charge >= 0.3 is 0 Å². The van der Waals surface area contributed by atoms with Gasteiger partial charge in [-0.2, -0.15) is 0 Å². The van der Waals surface area contributed by atoms with Crippen molar-refractivity contribution in [2.45, 2.75) is 72.3 Å². The van der Waals surface area contributed by atoms with Crippen LogP contribution in [0.4, 0.5) is 0 Å². The summed E-state index contributed by atoms with van der Waals surface area (Å²) in [6.45, 7) is 10.7. The Balaban J connectivity index is 2.13. The molecule has 2 atom stereocenters. The van der Waals surface area contributed by atoms with E-state index in [0.717, 1.165) is 11.8 Å². The standard InChI is InChI=1S/C17H32N2/c1-13(2)19-12-9-14-8-11-17(3,4)10-6-7-15(14)16(19)18-5/h13-15H,6-12H2,1-5H3. The Morgan fingerprint density at radius 2 is 1.89 bits per heavy atom. The number of likely N-dealkylation sites (tertiary alicyclic amines) is 1. The van der Waals surface area contributed by atoms with Crippen molar-refractivity contribution in [1.29, 1.82) is 0 Å². The van der Waals surface area contributed by atoms with Gasteiger partial charge in [-0.1, -0.05) is 20.3 Å². The summed E-state index contributed by atoms with van der Waals surface area (Å²) >= 11 is 0. The van der Waals surface area contributed by atoms with Crippen LogP contribution >= 0.6 is 0 Å². The van der Waals surface area contributed by atoms with E-state index in [-0.39, 0.29) is 0 Å². The highest BCUT2D eigenvalue weighted by Crippen LogP contribution is 2.41. The highest BCUT2D eigenvalue weighted by Gasteiger charge is 2.37. The van der Waals surface area contributed by atoms with Gasteiger partial charge in [0.2, 0.25) is 0 Å². The lowest BCUT2D eigenvalue weighted by Gasteiger charge is -2.45. The topological polar surface area (TPSA) is 15.6 Å². The number of hydrogen-bond acceptors (Lipinski definition) is 1. The molecule has 0 bridgehead atoms. The molecule has 2 nitrogen and oxygen atoms in total. The van der Waals surface area contributed by atoms with Gasteiger partial charge in [0.25, 0.3) is 0 Å². The number of piperidine rings is 1. The minimum Gasteiger partial charge on any atom is -0.358 e. The molecule has 1 heterocycles. The predicted octanol–water partition coefficient (Wildman–Crippen LogP) is 4.35. The normalized spacial score (nSPS) is 34.0. The van der Waals surface area contributed by atoms with Gasteiger partial charge in [0.05, 0.1) is 0 Å². The van der Waals surface area contributed by atoms with Gasteiger partial charge in [0.15, 0.2) is 0 Å². The van der Waals surface area contributed by atoms with E-state index in [1.54, 1.807) is 0 Å². The van der Waals surface area contributed by atoms with E-state index in [9.17, 15) is 0 Å². The second-order valence-corrected chi connectivity index (χ2v) is 7.62. The molecule has 0 aromatic heterocycles. The molecule has 2 heteroatoms. The maximum atomic E-state index is 4.69. The first-order valence-electron chi connectivity index (χ1n) is 8.18. The third-order valence-electron chi connectivity index (χ3n) is 5.35. The number of hydrogen-bond donors (Lipinski definition) is 0. The summed E-state index contributed by atoms with van der Waals surface area (Å²) in [7, 11) is 2.00. The maximum Gasteiger partial charge on any atom is 0.102 e. The quantitative estimate of drug-likeness (QED) is 0.687. The Labute approximate surface area is 119 Å². The van der Waals surface area contributed by atoms with Crippen molar-refractivity contribution in [2.24, 2.45) is 22.2 Å². The molecule has 1 aliphatic carbocycles. The van der Waals surface area contributed by atoms with Crippen LogP contribution in [0.1, 0.15) is 66.2 Å². The van der Waals surface area contributed by atoms with E-state index in [1.807, 2.05) is 7.05 Å². The second-order valence-electron chi connectivity index (χ2n) is 7.62. The third kappa shape index (κ3) is 3.32. The first kappa shape index (κ1) is 14.9.